The molecule has 37 heavy (non-hydrogen) atoms. The molecule has 5 rings (SSSR count). The zero-order valence-electron chi connectivity index (χ0n) is 20.9. The molecule has 12 heteroatoms. The average Bonchev–Trinajstić information content (AvgIpc) is 3.44. The molecule has 194 valence electrons. The van der Waals surface area contributed by atoms with E-state index in [2.05, 4.69) is 15.3 Å². The van der Waals surface area contributed by atoms with Gasteiger partial charge in [0.1, 0.15) is 0 Å². The third kappa shape index (κ3) is 5.01. The number of rotatable bonds is 9. The van der Waals surface area contributed by atoms with E-state index < -0.39 is 21.1 Å². The third-order valence-electron chi connectivity index (χ3n) is 6.52. The molecule has 4 aromatic rings. The predicted octanol–water partition coefficient (Wildman–Crippen LogP) is 2.11. The summed E-state index contributed by atoms with van der Waals surface area (Å²) in [7, 11) is -0.684. The molecular weight excluding hydrogens is 494 g/mol. The van der Waals surface area contributed by atoms with Gasteiger partial charge < -0.3 is 5.73 Å². The van der Waals surface area contributed by atoms with Gasteiger partial charge in [0, 0.05) is 36.5 Å². The third-order valence-corrected chi connectivity index (χ3v) is 8.13. The molecule has 11 nitrogen and oxygen atoms in total. The Morgan fingerprint density at radius 3 is 2.49 bits per heavy atom. The zero-order valence-corrected chi connectivity index (χ0v) is 21.7. The number of sulfonamides is 1. The van der Waals surface area contributed by atoms with Gasteiger partial charge in [-0.25, -0.2) is 23.6 Å². The average molecular weight is 524 g/mol. The summed E-state index contributed by atoms with van der Waals surface area (Å²) in [6.45, 7) is 2.40. The van der Waals surface area contributed by atoms with E-state index in [9.17, 15) is 13.2 Å². The first-order valence-corrected chi connectivity index (χ1v) is 13.3. The second-order valence-electron chi connectivity index (χ2n) is 9.59. The number of anilines is 1. The quantitative estimate of drug-likeness (QED) is 0.283. The van der Waals surface area contributed by atoms with Crippen LogP contribution in [-0.4, -0.2) is 40.4 Å². The molecule has 0 atom stereocenters. The first-order valence-electron chi connectivity index (χ1n) is 11.8. The van der Waals surface area contributed by atoms with E-state index in [-0.39, 0.29) is 22.8 Å². The summed E-state index contributed by atoms with van der Waals surface area (Å²) in [6, 6.07) is 10.4. The minimum atomic E-state index is -3.90. The second kappa shape index (κ2) is 9.38. The zero-order chi connectivity index (χ0) is 26.4. The van der Waals surface area contributed by atoms with Crippen LogP contribution >= 0.6 is 0 Å². The van der Waals surface area contributed by atoms with Gasteiger partial charge in [-0.05, 0) is 43.0 Å². The Bertz CT molecular complexity index is 1640. The maximum atomic E-state index is 13.9. The monoisotopic (exact) mass is 523 g/mol. The summed E-state index contributed by atoms with van der Waals surface area (Å²) in [5, 5.41) is 4.34. The van der Waals surface area contributed by atoms with Crippen LogP contribution in [-0.2, 0) is 35.0 Å². The summed E-state index contributed by atoms with van der Waals surface area (Å²) in [6.07, 6.45) is 4.97. The van der Waals surface area contributed by atoms with Gasteiger partial charge >= 0.3 is 0 Å². The first-order chi connectivity index (χ1) is 17.6. The summed E-state index contributed by atoms with van der Waals surface area (Å²) in [4.78, 5) is 23.7. The fourth-order valence-corrected chi connectivity index (χ4v) is 5.74. The number of hydrogen-bond donors (Lipinski definition) is 3. The van der Waals surface area contributed by atoms with E-state index >= 15 is 0 Å². The van der Waals surface area contributed by atoms with E-state index in [0.29, 0.717) is 23.2 Å². The number of fused-ring (bicyclic) bond motifs is 1. The molecule has 2 aromatic heterocycles. The molecule has 0 radical (unpaired) electrons. The highest BCUT2D eigenvalue weighted by Crippen LogP contribution is 2.37. The van der Waals surface area contributed by atoms with Crippen molar-refractivity contribution in [1.29, 1.82) is 0 Å². The number of aromatic nitrogens is 4. The van der Waals surface area contributed by atoms with E-state index in [1.54, 1.807) is 30.2 Å². The molecule has 1 aliphatic rings. The van der Waals surface area contributed by atoms with Gasteiger partial charge in [-0.3, -0.25) is 18.9 Å². The number of nitrogens with one attached hydrogen (secondary N) is 2. The smallest absolute Gasteiger partial charge is 0.263 e. The van der Waals surface area contributed by atoms with Crippen molar-refractivity contribution in [2.75, 3.05) is 12.6 Å². The van der Waals surface area contributed by atoms with Crippen molar-refractivity contribution >= 4 is 26.9 Å². The summed E-state index contributed by atoms with van der Waals surface area (Å²) < 4.78 is 32.6. The second-order valence-corrected chi connectivity index (χ2v) is 11.3. The van der Waals surface area contributed by atoms with Gasteiger partial charge in [0.05, 0.1) is 35.6 Å². The van der Waals surface area contributed by atoms with Crippen LogP contribution in [0.3, 0.4) is 0 Å². The van der Waals surface area contributed by atoms with Crippen LogP contribution < -0.4 is 21.5 Å². The highest BCUT2D eigenvalue weighted by Gasteiger charge is 2.41. The molecule has 0 bridgehead atoms. The Labute approximate surface area is 214 Å². The van der Waals surface area contributed by atoms with Crippen LogP contribution in [0.4, 0.5) is 5.95 Å². The Hall–Kier alpha value is -3.58. The lowest BCUT2D eigenvalue weighted by molar-refractivity contribution is 0.264. The summed E-state index contributed by atoms with van der Waals surface area (Å²) in [5.41, 5.74) is 10.8. The van der Waals surface area contributed by atoms with E-state index in [1.165, 1.54) is 17.7 Å². The lowest BCUT2D eigenvalue weighted by Crippen LogP contribution is -2.34. The molecule has 0 spiro atoms. The largest absolute Gasteiger partial charge is 0.326 e. The van der Waals surface area contributed by atoms with E-state index in [1.807, 2.05) is 31.2 Å². The normalized spacial score (nSPS) is 14.7. The predicted molar refractivity (Wildman–Crippen MR) is 140 cm³/mol. The minimum Gasteiger partial charge on any atom is -0.326 e. The van der Waals surface area contributed by atoms with Crippen LogP contribution in [0.5, 0.6) is 0 Å². The van der Waals surface area contributed by atoms with Crippen LogP contribution in [0.2, 0.25) is 0 Å². The SMILES string of the molecule is CONc1nc2c(-c3ccc(CN)cc3)cc(S(=O)(=O)NC3(C)CC3)cc2c(=O)n1Cc1cnn(C)c1. The van der Waals surface area contributed by atoms with E-state index in [0.717, 1.165) is 24.0 Å². The van der Waals surface area contributed by atoms with Crippen molar-refractivity contribution in [2.45, 2.75) is 43.3 Å². The molecular formula is C25H29N7O4S. The highest BCUT2D eigenvalue weighted by atomic mass is 32.2. The molecule has 0 unspecified atom stereocenters. The number of nitrogens with zero attached hydrogens (tertiary/aromatic N) is 4. The molecule has 0 aliphatic heterocycles. The van der Waals surface area contributed by atoms with Gasteiger partial charge in [0.25, 0.3) is 5.56 Å². The Balaban J connectivity index is 1.76. The molecule has 4 N–H and O–H groups in total. The van der Waals surface area contributed by atoms with Crippen LogP contribution in [0.15, 0.2) is 58.5 Å². The van der Waals surface area contributed by atoms with Crippen molar-refractivity contribution < 1.29 is 13.3 Å². The van der Waals surface area contributed by atoms with Crippen molar-refractivity contribution in [3.63, 3.8) is 0 Å². The number of benzene rings is 2. The van der Waals surface area contributed by atoms with Crippen molar-refractivity contribution in [1.82, 2.24) is 24.1 Å². The van der Waals surface area contributed by atoms with Crippen LogP contribution in [0.1, 0.15) is 30.9 Å². The number of hydrogen-bond acceptors (Lipinski definition) is 8. The Morgan fingerprint density at radius 1 is 1.16 bits per heavy atom. The number of nitrogens with two attached hydrogens (primary N) is 1. The molecule has 1 saturated carbocycles. The Morgan fingerprint density at radius 2 is 1.89 bits per heavy atom. The maximum Gasteiger partial charge on any atom is 0.263 e. The molecule has 2 heterocycles. The van der Waals surface area contributed by atoms with Gasteiger partial charge in [0.15, 0.2) is 0 Å². The molecule has 1 fully saturated rings. The van der Waals surface area contributed by atoms with Crippen molar-refractivity contribution in [2.24, 2.45) is 12.8 Å². The standard InChI is InChI=1S/C25H29N7O4S/c1-25(8-9-25)30-37(34,35)19-10-20(18-6-4-16(12-26)5-7-18)22-21(11-19)23(33)32(24(28-22)29-36-3)15-17-13-27-31(2)14-17/h4-7,10-11,13-14,30H,8-9,12,15,26H2,1-3H3,(H,28,29). The highest BCUT2D eigenvalue weighted by molar-refractivity contribution is 7.89. The fraction of sp³-hybridized carbons (Fsp3) is 0.320. The summed E-state index contributed by atoms with van der Waals surface area (Å²) >= 11 is 0. The van der Waals surface area contributed by atoms with Gasteiger partial charge in [-0.2, -0.15) is 5.10 Å². The van der Waals surface area contributed by atoms with E-state index in [4.69, 9.17) is 15.6 Å². The minimum absolute atomic E-state index is 0.00491. The Kier molecular flexibility index (Phi) is 6.36. The topological polar surface area (TPSA) is 146 Å². The lowest BCUT2D eigenvalue weighted by atomic mass is 10.0. The van der Waals surface area contributed by atoms with Crippen molar-refractivity contribution in [3.8, 4) is 11.1 Å². The lowest BCUT2D eigenvalue weighted by Gasteiger charge is -2.17. The van der Waals surface area contributed by atoms with Gasteiger partial charge in [0.2, 0.25) is 16.0 Å². The van der Waals surface area contributed by atoms with Crippen molar-refractivity contribution in [3.05, 3.63) is 70.3 Å². The molecule has 0 saturated heterocycles. The molecule has 0 amide bonds. The fourth-order valence-electron chi connectivity index (χ4n) is 4.22. The van der Waals surface area contributed by atoms with Crippen LogP contribution in [0.25, 0.3) is 22.0 Å². The van der Waals surface area contributed by atoms with Crippen LogP contribution in [0, 0.1) is 0 Å². The maximum absolute atomic E-state index is 13.9. The van der Waals surface area contributed by atoms with Gasteiger partial charge in [-0.1, -0.05) is 24.3 Å². The summed E-state index contributed by atoms with van der Waals surface area (Å²) in [5.74, 6) is 0.183. The molecule has 2 aromatic carbocycles. The first kappa shape index (κ1) is 25.1. The number of aryl methyl sites for hydroxylation is 1. The molecule has 1 aliphatic carbocycles. The van der Waals surface area contributed by atoms with Gasteiger partial charge in [-0.15, -0.1) is 0 Å².